The van der Waals surface area contributed by atoms with Crippen LogP contribution in [0.3, 0.4) is 0 Å². The number of esters is 1. The molecule has 0 spiro atoms. The van der Waals surface area contributed by atoms with E-state index in [2.05, 4.69) is 16.5 Å². The first-order chi connectivity index (χ1) is 8.65. The molecule has 0 aromatic rings. The molecule has 18 heavy (non-hydrogen) atoms. The van der Waals surface area contributed by atoms with Gasteiger partial charge in [0.05, 0.1) is 19.4 Å². The van der Waals surface area contributed by atoms with E-state index in [9.17, 15) is 9.59 Å². The Hall–Kier alpha value is -1.36. The molecule has 1 atom stereocenters. The van der Waals surface area contributed by atoms with Crippen LogP contribution in [0.1, 0.15) is 45.4 Å². The summed E-state index contributed by atoms with van der Waals surface area (Å²) in [6, 6.07) is 0. The predicted octanol–water partition coefficient (Wildman–Crippen LogP) is 2.71. The Balaban J connectivity index is 4.08. The van der Waals surface area contributed by atoms with Gasteiger partial charge in [0, 0.05) is 0 Å². The summed E-state index contributed by atoms with van der Waals surface area (Å²) >= 11 is 0. The molecule has 0 heterocycles. The fraction of sp³-hybridized carbons (Fsp3) is 0.692. The van der Waals surface area contributed by atoms with Crippen LogP contribution < -0.4 is 0 Å². The smallest absolute Gasteiger partial charge is 0.342 e. The van der Waals surface area contributed by atoms with Gasteiger partial charge in [-0.3, -0.25) is 4.79 Å². The van der Waals surface area contributed by atoms with Crippen molar-refractivity contribution in [3.63, 3.8) is 0 Å². The molecule has 0 aliphatic heterocycles. The molecule has 104 valence electrons. The lowest BCUT2D eigenvalue weighted by Crippen LogP contribution is -2.20. The van der Waals surface area contributed by atoms with Crippen LogP contribution in [0.5, 0.6) is 0 Å². The number of rotatable bonds is 9. The van der Waals surface area contributed by atoms with Crippen molar-refractivity contribution in [1.29, 1.82) is 0 Å². The second-order valence-corrected chi connectivity index (χ2v) is 4.09. The Morgan fingerprint density at radius 3 is 2.56 bits per heavy atom. The Morgan fingerprint density at radius 1 is 1.28 bits per heavy atom. The third kappa shape index (κ3) is 7.84. The maximum absolute atomic E-state index is 11.4. The van der Waals surface area contributed by atoms with Crippen molar-refractivity contribution in [2.45, 2.75) is 45.4 Å². The number of carbonyl (C=O) groups is 2. The number of allylic oxidation sites excluding steroid dienone is 2. The zero-order chi connectivity index (χ0) is 13.8. The van der Waals surface area contributed by atoms with Gasteiger partial charge < -0.3 is 9.62 Å². The molecule has 0 fully saturated rings. The van der Waals surface area contributed by atoms with Gasteiger partial charge in [0.1, 0.15) is 0 Å². The van der Waals surface area contributed by atoms with Gasteiger partial charge in [-0.25, -0.2) is 4.79 Å². The number of ether oxygens (including phenoxy) is 1. The average molecular weight is 258 g/mol. The summed E-state index contributed by atoms with van der Waals surface area (Å²) < 4.78 is 4.59. The fourth-order valence-electron chi connectivity index (χ4n) is 1.56. The van der Waals surface area contributed by atoms with Gasteiger partial charge in [-0.1, -0.05) is 31.9 Å². The van der Waals surface area contributed by atoms with E-state index < -0.39 is 17.9 Å². The summed E-state index contributed by atoms with van der Waals surface area (Å²) in [6.45, 7) is 2.14. The zero-order valence-electron chi connectivity index (χ0n) is 11.1. The summed E-state index contributed by atoms with van der Waals surface area (Å²) in [4.78, 5) is 25.9. The number of hydrogen-bond donors (Lipinski definition) is 1. The molecule has 0 aromatic carbocycles. The van der Waals surface area contributed by atoms with Crippen LogP contribution in [-0.2, 0) is 19.2 Å². The van der Waals surface area contributed by atoms with E-state index in [1.807, 2.05) is 12.2 Å². The minimum absolute atomic E-state index is 0.178. The Morgan fingerprint density at radius 2 is 2.00 bits per heavy atom. The van der Waals surface area contributed by atoms with E-state index in [0.29, 0.717) is 6.42 Å². The molecule has 0 aliphatic rings. The lowest BCUT2D eigenvalue weighted by atomic mass is 10.0. The standard InChI is InChI=1S/C13H22O5/c1-3-4-5-6-7-8-9-11(13(15)17-2)10-12(14)18-16/h7-8,11,16H,3-6,9-10H2,1-2H3/b8-7+. The van der Waals surface area contributed by atoms with Gasteiger partial charge in [-0.15, -0.1) is 0 Å². The zero-order valence-corrected chi connectivity index (χ0v) is 11.1. The number of methoxy groups -OCH3 is 1. The molecular weight excluding hydrogens is 236 g/mol. The number of hydrogen-bond acceptors (Lipinski definition) is 5. The second kappa shape index (κ2) is 10.8. The maximum Gasteiger partial charge on any atom is 0.342 e. The molecule has 0 rings (SSSR count). The van der Waals surface area contributed by atoms with Crippen molar-refractivity contribution < 1.29 is 24.5 Å². The average Bonchev–Trinajstić information content (AvgIpc) is 2.40. The van der Waals surface area contributed by atoms with E-state index in [4.69, 9.17) is 5.26 Å². The van der Waals surface area contributed by atoms with Crippen molar-refractivity contribution in [1.82, 2.24) is 0 Å². The van der Waals surface area contributed by atoms with E-state index in [1.165, 1.54) is 20.0 Å². The van der Waals surface area contributed by atoms with Crippen LogP contribution in [0.25, 0.3) is 0 Å². The van der Waals surface area contributed by atoms with Gasteiger partial charge in [0.2, 0.25) is 0 Å². The van der Waals surface area contributed by atoms with Crippen molar-refractivity contribution in [3.05, 3.63) is 12.2 Å². The van der Waals surface area contributed by atoms with Crippen molar-refractivity contribution in [2.75, 3.05) is 7.11 Å². The topological polar surface area (TPSA) is 72.8 Å². The molecule has 0 saturated heterocycles. The second-order valence-electron chi connectivity index (χ2n) is 4.09. The largest absolute Gasteiger partial charge is 0.469 e. The van der Waals surface area contributed by atoms with E-state index in [1.54, 1.807) is 0 Å². The van der Waals surface area contributed by atoms with E-state index in [-0.39, 0.29) is 6.42 Å². The molecular formula is C13H22O5. The van der Waals surface area contributed by atoms with Gasteiger partial charge in [-0.2, -0.15) is 5.26 Å². The minimum atomic E-state index is -0.829. The Labute approximate surface area is 108 Å². The molecule has 0 bridgehead atoms. The van der Waals surface area contributed by atoms with Crippen molar-refractivity contribution in [2.24, 2.45) is 5.92 Å². The highest BCUT2D eigenvalue weighted by atomic mass is 17.1. The van der Waals surface area contributed by atoms with Crippen molar-refractivity contribution >= 4 is 11.9 Å². The monoisotopic (exact) mass is 258 g/mol. The third-order valence-corrected chi connectivity index (χ3v) is 2.61. The van der Waals surface area contributed by atoms with E-state index >= 15 is 0 Å². The molecule has 1 N–H and O–H groups in total. The van der Waals surface area contributed by atoms with Crippen LogP contribution in [0.2, 0.25) is 0 Å². The Bertz CT molecular complexity index is 273. The van der Waals surface area contributed by atoms with Crippen LogP contribution >= 0.6 is 0 Å². The molecule has 0 radical (unpaired) electrons. The molecule has 0 amide bonds. The summed E-state index contributed by atoms with van der Waals surface area (Å²) in [5, 5.41) is 8.19. The van der Waals surface area contributed by atoms with Gasteiger partial charge in [0.15, 0.2) is 0 Å². The SMILES string of the molecule is CCCCC/C=C/CC(CC(=O)OO)C(=O)OC. The molecule has 0 saturated carbocycles. The lowest BCUT2D eigenvalue weighted by molar-refractivity contribution is -0.235. The highest BCUT2D eigenvalue weighted by molar-refractivity contribution is 5.79. The highest BCUT2D eigenvalue weighted by Crippen LogP contribution is 2.13. The first-order valence-corrected chi connectivity index (χ1v) is 6.22. The molecule has 5 nitrogen and oxygen atoms in total. The predicted molar refractivity (Wildman–Crippen MR) is 66.7 cm³/mol. The molecule has 5 heteroatoms. The quantitative estimate of drug-likeness (QED) is 0.226. The third-order valence-electron chi connectivity index (χ3n) is 2.61. The fourth-order valence-corrected chi connectivity index (χ4v) is 1.56. The van der Waals surface area contributed by atoms with Crippen LogP contribution in [0.15, 0.2) is 12.2 Å². The first-order valence-electron chi connectivity index (χ1n) is 6.22. The van der Waals surface area contributed by atoms with Crippen molar-refractivity contribution in [3.8, 4) is 0 Å². The summed E-state index contributed by atoms with van der Waals surface area (Å²) in [6.07, 6.45) is 8.53. The highest BCUT2D eigenvalue weighted by Gasteiger charge is 2.22. The van der Waals surface area contributed by atoms with Crippen LogP contribution in [-0.4, -0.2) is 24.3 Å². The van der Waals surface area contributed by atoms with Crippen LogP contribution in [0.4, 0.5) is 0 Å². The Kier molecular flexibility index (Phi) is 9.96. The minimum Gasteiger partial charge on any atom is -0.469 e. The maximum atomic E-state index is 11.4. The lowest BCUT2D eigenvalue weighted by Gasteiger charge is -2.10. The number of unbranched alkanes of at least 4 members (excludes halogenated alkanes) is 3. The summed E-state index contributed by atoms with van der Waals surface area (Å²) in [5.74, 6) is -1.90. The number of carbonyl (C=O) groups excluding carboxylic acids is 2. The first kappa shape index (κ1) is 16.6. The van der Waals surface area contributed by atoms with Gasteiger partial charge >= 0.3 is 11.9 Å². The summed E-state index contributed by atoms with van der Waals surface area (Å²) in [7, 11) is 1.27. The normalized spacial score (nSPS) is 12.4. The molecule has 1 unspecified atom stereocenters. The van der Waals surface area contributed by atoms with Gasteiger partial charge in [-0.05, 0) is 19.3 Å². The molecule has 0 aliphatic carbocycles. The molecule has 0 aromatic heterocycles. The van der Waals surface area contributed by atoms with Crippen LogP contribution in [0, 0.1) is 5.92 Å². The van der Waals surface area contributed by atoms with E-state index in [0.717, 1.165) is 12.8 Å². The van der Waals surface area contributed by atoms with Gasteiger partial charge in [0.25, 0.3) is 0 Å². The summed E-state index contributed by atoms with van der Waals surface area (Å²) in [5.41, 5.74) is 0.